The smallest absolute Gasteiger partial charge is 0.169 e. The number of phenolic OH excluding ortho intramolecular Hbond substituents is 2. The van der Waals surface area contributed by atoms with Crippen molar-refractivity contribution in [3.05, 3.63) is 23.8 Å². The van der Waals surface area contributed by atoms with Crippen LogP contribution < -0.4 is 10.4 Å². The summed E-state index contributed by atoms with van der Waals surface area (Å²) in [6.45, 7) is 1.14. The van der Waals surface area contributed by atoms with E-state index >= 15 is 0 Å². The van der Waals surface area contributed by atoms with Crippen LogP contribution in [0.3, 0.4) is 0 Å². The number of phenols is 2. The summed E-state index contributed by atoms with van der Waals surface area (Å²) < 4.78 is 0. The van der Waals surface area contributed by atoms with E-state index < -0.39 is 0 Å². The van der Waals surface area contributed by atoms with Crippen LogP contribution in [0.2, 0.25) is 0 Å². The van der Waals surface area contributed by atoms with Gasteiger partial charge in [0.2, 0.25) is 0 Å². The zero-order valence-electron chi connectivity index (χ0n) is 8.64. The quantitative estimate of drug-likeness (QED) is 0.311. The van der Waals surface area contributed by atoms with E-state index in [9.17, 15) is 5.11 Å². The van der Waals surface area contributed by atoms with Gasteiger partial charge in [0.1, 0.15) is 7.05 Å². The summed E-state index contributed by atoms with van der Waals surface area (Å²) in [4.78, 5) is 0. The van der Waals surface area contributed by atoms with Gasteiger partial charge in [0, 0.05) is 5.56 Å². The molecule has 1 rings (SSSR count). The molecule has 5 nitrogen and oxygen atoms in total. The van der Waals surface area contributed by atoms with Crippen molar-refractivity contribution in [1.82, 2.24) is 10.4 Å². The Labute approximate surface area is 88.6 Å². The van der Waals surface area contributed by atoms with Crippen LogP contribution in [0.1, 0.15) is 5.56 Å². The summed E-state index contributed by atoms with van der Waals surface area (Å²) in [5, 5.41) is 28.8. The Morgan fingerprint density at radius 2 is 2.00 bits per heavy atom. The van der Waals surface area contributed by atoms with Crippen molar-refractivity contribution >= 4 is 0 Å². The van der Waals surface area contributed by atoms with E-state index in [1.54, 1.807) is 11.1 Å². The number of hydrogen-bond donors (Lipinski definition) is 4. The summed E-state index contributed by atoms with van der Waals surface area (Å²) in [6.07, 6.45) is 0. The molecule has 0 unspecified atom stereocenters. The normalized spacial score (nSPS) is 10.9. The van der Waals surface area contributed by atoms with Crippen LogP contribution in [0.5, 0.6) is 11.5 Å². The molecule has 0 aliphatic rings. The highest BCUT2D eigenvalue weighted by Gasteiger charge is 2.10. The van der Waals surface area contributed by atoms with Crippen molar-refractivity contribution < 1.29 is 15.3 Å². The third-order valence-corrected chi connectivity index (χ3v) is 1.95. The van der Waals surface area contributed by atoms with Gasteiger partial charge in [0.15, 0.2) is 18.0 Å². The van der Waals surface area contributed by atoms with Gasteiger partial charge < -0.3 is 15.3 Å². The van der Waals surface area contributed by atoms with E-state index in [0.717, 1.165) is 5.56 Å². The molecular weight excluding hydrogens is 196 g/mol. The molecule has 5 heteroatoms. The SMILES string of the molecule is C[N+](Cc1ccc(O)c(O)c1)NCCO. The number of aromatic hydroxyl groups is 2. The molecule has 1 aromatic carbocycles. The van der Waals surface area contributed by atoms with Crippen molar-refractivity contribution in [2.75, 3.05) is 20.2 Å². The van der Waals surface area contributed by atoms with Gasteiger partial charge in [-0.05, 0) is 18.2 Å². The number of rotatable bonds is 5. The molecule has 1 radical (unpaired) electrons. The van der Waals surface area contributed by atoms with Gasteiger partial charge in [0.25, 0.3) is 0 Å². The van der Waals surface area contributed by atoms with Gasteiger partial charge in [-0.3, -0.25) is 0 Å². The van der Waals surface area contributed by atoms with E-state index in [2.05, 4.69) is 5.43 Å². The summed E-state index contributed by atoms with van der Waals surface area (Å²) >= 11 is 0. The summed E-state index contributed by atoms with van der Waals surface area (Å²) in [7, 11) is 1.83. The first kappa shape index (κ1) is 11.8. The van der Waals surface area contributed by atoms with Crippen LogP contribution >= 0.6 is 0 Å². The average molecular weight is 212 g/mol. The second-order valence-electron chi connectivity index (χ2n) is 3.31. The molecule has 0 saturated carbocycles. The molecule has 0 heterocycles. The number of benzene rings is 1. The lowest BCUT2D eigenvalue weighted by molar-refractivity contribution is 0.254. The van der Waals surface area contributed by atoms with E-state index in [1.165, 1.54) is 12.1 Å². The second kappa shape index (κ2) is 5.55. The lowest BCUT2D eigenvalue weighted by Gasteiger charge is -2.07. The summed E-state index contributed by atoms with van der Waals surface area (Å²) in [5.74, 6) is -0.243. The zero-order valence-corrected chi connectivity index (χ0v) is 8.64. The molecule has 1 aromatic rings. The van der Waals surface area contributed by atoms with Crippen LogP contribution in [-0.4, -0.2) is 35.5 Å². The maximum atomic E-state index is 9.26. The molecule has 0 fully saturated rings. The number of hydrazine groups is 1. The number of nitrogens with zero attached hydrogens (tertiary/aromatic N) is 1. The molecule has 0 aliphatic heterocycles. The fourth-order valence-corrected chi connectivity index (χ4v) is 1.24. The van der Waals surface area contributed by atoms with E-state index in [4.69, 9.17) is 10.2 Å². The van der Waals surface area contributed by atoms with Gasteiger partial charge in [-0.2, -0.15) is 0 Å². The minimum atomic E-state index is -0.122. The maximum absolute atomic E-state index is 9.26. The highest BCUT2D eigenvalue weighted by atomic mass is 16.3. The molecule has 0 saturated heterocycles. The van der Waals surface area contributed by atoms with Crippen molar-refractivity contribution in [3.63, 3.8) is 0 Å². The number of aliphatic hydroxyl groups excluding tert-OH is 1. The van der Waals surface area contributed by atoms with Gasteiger partial charge >= 0.3 is 0 Å². The molecule has 0 bridgehead atoms. The van der Waals surface area contributed by atoms with Crippen molar-refractivity contribution in [3.8, 4) is 11.5 Å². The number of nitrogens with one attached hydrogen (secondary N) is 1. The fraction of sp³-hybridized carbons (Fsp3) is 0.400. The van der Waals surface area contributed by atoms with Crippen molar-refractivity contribution in [2.45, 2.75) is 6.54 Å². The lowest BCUT2D eigenvalue weighted by Crippen LogP contribution is -2.40. The Morgan fingerprint density at radius 1 is 1.27 bits per heavy atom. The number of aliphatic hydroxyl groups is 1. The van der Waals surface area contributed by atoms with Crippen LogP contribution in [0.15, 0.2) is 18.2 Å². The maximum Gasteiger partial charge on any atom is 0.169 e. The van der Waals surface area contributed by atoms with E-state index in [-0.39, 0.29) is 18.1 Å². The average Bonchev–Trinajstić information content (AvgIpc) is 2.20. The van der Waals surface area contributed by atoms with Gasteiger partial charge in [-0.15, -0.1) is 5.43 Å². The van der Waals surface area contributed by atoms with Gasteiger partial charge in [0.05, 0.1) is 13.2 Å². The van der Waals surface area contributed by atoms with Crippen molar-refractivity contribution in [1.29, 1.82) is 0 Å². The van der Waals surface area contributed by atoms with E-state index in [0.29, 0.717) is 13.1 Å². The predicted octanol–water partition coefficient (Wildman–Crippen LogP) is -0.135. The fourth-order valence-electron chi connectivity index (χ4n) is 1.24. The lowest BCUT2D eigenvalue weighted by atomic mass is 10.2. The molecule has 0 atom stereocenters. The molecule has 4 N–H and O–H groups in total. The van der Waals surface area contributed by atoms with Crippen LogP contribution in [0, 0.1) is 0 Å². The Hall–Kier alpha value is -1.30. The monoisotopic (exact) mass is 212 g/mol. The Balaban J connectivity index is 2.53. The molecule has 0 spiro atoms. The first-order valence-corrected chi connectivity index (χ1v) is 4.70. The molecule has 0 aliphatic carbocycles. The Kier molecular flexibility index (Phi) is 4.36. The van der Waals surface area contributed by atoms with Crippen LogP contribution in [0.4, 0.5) is 0 Å². The second-order valence-corrected chi connectivity index (χ2v) is 3.31. The molecule has 83 valence electrons. The first-order valence-electron chi connectivity index (χ1n) is 4.70. The van der Waals surface area contributed by atoms with Crippen LogP contribution in [-0.2, 0) is 6.54 Å². The first-order chi connectivity index (χ1) is 7.13. The Bertz CT molecular complexity index is 318. The predicted molar refractivity (Wildman–Crippen MR) is 56.6 cm³/mol. The summed E-state index contributed by atoms with van der Waals surface area (Å²) in [6, 6.07) is 4.68. The zero-order chi connectivity index (χ0) is 11.3. The Morgan fingerprint density at radius 3 is 2.60 bits per heavy atom. The summed E-state index contributed by atoms with van der Waals surface area (Å²) in [5.41, 5.74) is 3.83. The number of hydrogen-bond acceptors (Lipinski definition) is 5. The van der Waals surface area contributed by atoms with Gasteiger partial charge in [-0.25, -0.2) is 0 Å². The van der Waals surface area contributed by atoms with Gasteiger partial charge in [-0.1, -0.05) is 5.01 Å². The molecule has 0 amide bonds. The van der Waals surface area contributed by atoms with E-state index in [1.807, 2.05) is 7.05 Å². The largest absolute Gasteiger partial charge is 0.504 e. The van der Waals surface area contributed by atoms with Crippen LogP contribution in [0.25, 0.3) is 0 Å². The van der Waals surface area contributed by atoms with Crippen molar-refractivity contribution in [2.24, 2.45) is 0 Å². The highest BCUT2D eigenvalue weighted by molar-refractivity contribution is 5.40. The standard InChI is InChI=1S/C10H16N2O3/c1-12(11-4-5-13)7-8-2-3-9(14)10(15)6-8/h2-3,6,11,13-15H,4-5,7H2,1H3/q+1. The minimum Gasteiger partial charge on any atom is -0.504 e. The third kappa shape index (κ3) is 3.75. The highest BCUT2D eigenvalue weighted by Crippen LogP contribution is 2.24. The third-order valence-electron chi connectivity index (χ3n) is 1.95. The minimum absolute atomic E-state index is 0.0746. The molecular formula is C10H16N2O3+. The topological polar surface area (TPSA) is 78.6 Å². The molecule has 15 heavy (non-hydrogen) atoms. The molecule has 0 aromatic heterocycles.